The molecule has 1 aromatic carbocycles. The van der Waals surface area contributed by atoms with Gasteiger partial charge in [-0.3, -0.25) is 14.4 Å². The van der Waals surface area contributed by atoms with Crippen LogP contribution in [0.25, 0.3) is 0 Å². The second-order valence-electron chi connectivity index (χ2n) is 4.59. The zero-order valence-electron chi connectivity index (χ0n) is 10.6. The summed E-state index contributed by atoms with van der Waals surface area (Å²) >= 11 is 0. The lowest BCUT2D eigenvalue weighted by Crippen LogP contribution is -2.45. The molecular formula is C13H14N2O4. The minimum Gasteiger partial charge on any atom is -0.480 e. The van der Waals surface area contributed by atoms with Crippen LogP contribution in [0.4, 0.5) is 5.69 Å². The van der Waals surface area contributed by atoms with Gasteiger partial charge in [0, 0.05) is 0 Å². The van der Waals surface area contributed by atoms with Gasteiger partial charge in [0.15, 0.2) is 0 Å². The van der Waals surface area contributed by atoms with Crippen molar-refractivity contribution in [3.63, 3.8) is 0 Å². The van der Waals surface area contributed by atoms with Gasteiger partial charge in [-0.2, -0.15) is 0 Å². The molecule has 0 saturated heterocycles. The lowest BCUT2D eigenvalue weighted by molar-refractivity contribution is -0.138. The first kappa shape index (κ1) is 13.2. The van der Waals surface area contributed by atoms with Crippen LogP contribution in [0, 0.1) is 13.8 Å². The first-order valence-corrected chi connectivity index (χ1v) is 5.79. The number of anilines is 1. The number of carboxylic acids is 1. The van der Waals surface area contributed by atoms with Gasteiger partial charge < -0.3 is 15.7 Å². The standard InChI is InChI=1S/C13H14N2O4/c1-6-3-4-8-10(7(6)2)15(12(17)11(8)16)5-9(14)13(18)19/h3-4,9H,5,14H2,1-2H3,(H,18,19). The maximum atomic E-state index is 11.9. The van der Waals surface area contributed by atoms with Crippen molar-refractivity contribution in [2.24, 2.45) is 5.73 Å². The number of rotatable bonds is 3. The van der Waals surface area contributed by atoms with Crippen molar-refractivity contribution in [3.8, 4) is 0 Å². The summed E-state index contributed by atoms with van der Waals surface area (Å²) in [6, 6.07) is 2.13. The molecule has 0 radical (unpaired) electrons. The number of hydrogen-bond donors (Lipinski definition) is 2. The third-order valence-corrected chi connectivity index (χ3v) is 3.35. The van der Waals surface area contributed by atoms with E-state index in [-0.39, 0.29) is 6.54 Å². The molecule has 0 aliphatic carbocycles. The van der Waals surface area contributed by atoms with E-state index in [9.17, 15) is 14.4 Å². The summed E-state index contributed by atoms with van der Waals surface area (Å²) in [4.78, 5) is 35.7. The SMILES string of the molecule is Cc1ccc2c(c1C)N(CC(N)C(=O)O)C(=O)C2=O. The number of Topliss-reactive ketones (excluding diaryl/α,β-unsaturated/α-hetero) is 1. The number of aliphatic carboxylic acids is 1. The highest BCUT2D eigenvalue weighted by atomic mass is 16.4. The van der Waals surface area contributed by atoms with E-state index in [1.807, 2.05) is 6.92 Å². The molecule has 100 valence electrons. The normalized spacial score (nSPS) is 15.6. The Labute approximate surface area is 109 Å². The summed E-state index contributed by atoms with van der Waals surface area (Å²) in [5, 5.41) is 8.82. The van der Waals surface area contributed by atoms with Crippen molar-refractivity contribution >= 4 is 23.3 Å². The molecule has 0 saturated carbocycles. The lowest BCUT2D eigenvalue weighted by Gasteiger charge is -2.21. The predicted molar refractivity (Wildman–Crippen MR) is 68.2 cm³/mol. The van der Waals surface area contributed by atoms with E-state index < -0.39 is 23.7 Å². The van der Waals surface area contributed by atoms with Crippen LogP contribution in [-0.2, 0) is 9.59 Å². The van der Waals surface area contributed by atoms with Gasteiger partial charge in [-0.05, 0) is 31.0 Å². The van der Waals surface area contributed by atoms with E-state index in [1.165, 1.54) is 4.90 Å². The first-order chi connectivity index (χ1) is 8.84. The van der Waals surface area contributed by atoms with Crippen LogP contribution in [0.1, 0.15) is 21.5 Å². The number of carbonyl (C=O) groups excluding carboxylic acids is 2. The number of carbonyl (C=O) groups is 3. The quantitative estimate of drug-likeness (QED) is 0.760. The molecule has 1 aliphatic rings. The number of aryl methyl sites for hydroxylation is 1. The summed E-state index contributed by atoms with van der Waals surface area (Å²) in [5.41, 5.74) is 7.95. The number of benzene rings is 1. The topological polar surface area (TPSA) is 101 Å². The minimum absolute atomic E-state index is 0.211. The Balaban J connectivity index is 2.49. The monoisotopic (exact) mass is 262 g/mol. The Morgan fingerprint density at radius 1 is 1.37 bits per heavy atom. The fourth-order valence-corrected chi connectivity index (χ4v) is 2.12. The van der Waals surface area contributed by atoms with Gasteiger partial charge in [0.25, 0.3) is 11.7 Å². The van der Waals surface area contributed by atoms with E-state index in [0.29, 0.717) is 11.3 Å². The second-order valence-corrected chi connectivity index (χ2v) is 4.59. The summed E-state index contributed by atoms with van der Waals surface area (Å²) < 4.78 is 0. The zero-order chi connectivity index (χ0) is 14.3. The van der Waals surface area contributed by atoms with Crippen LogP contribution >= 0.6 is 0 Å². The van der Waals surface area contributed by atoms with Gasteiger partial charge in [-0.15, -0.1) is 0 Å². The molecule has 2 rings (SSSR count). The molecule has 0 spiro atoms. The average Bonchev–Trinajstić information content (AvgIpc) is 2.59. The molecular weight excluding hydrogens is 248 g/mol. The molecule has 0 aromatic heterocycles. The van der Waals surface area contributed by atoms with E-state index in [4.69, 9.17) is 10.8 Å². The summed E-state index contributed by atoms with van der Waals surface area (Å²) in [6.07, 6.45) is 0. The van der Waals surface area contributed by atoms with E-state index >= 15 is 0 Å². The number of hydrogen-bond acceptors (Lipinski definition) is 4. The van der Waals surface area contributed by atoms with Crippen LogP contribution in [0.15, 0.2) is 12.1 Å². The Morgan fingerprint density at radius 2 is 2.00 bits per heavy atom. The molecule has 1 amide bonds. The predicted octanol–water partition coefficient (Wildman–Crippen LogP) is 0.245. The van der Waals surface area contributed by atoms with Gasteiger partial charge in [0.05, 0.1) is 17.8 Å². The van der Waals surface area contributed by atoms with Crippen molar-refractivity contribution in [1.29, 1.82) is 0 Å². The Morgan fingerprint density at radius 3 is 2.58 bits per heavy atom. The Kier molecular flexibility index (Phi) is 3.11. The van der Waals surface area contributed by atoms with Gasteiger partial charge in [0.1, 0.15) is 6.04 Å². The highest BCUT2D eigenvalue weighted by molar-refractivity contribution is 6.52. The largest absolute Gasteiger partial charge is 0.480 e. The van der Waals surface area contributed by atoms with Crippen molar-refractivity contribution in [2.75, 3.05) is 11.4 Å². The van der Waals surface area contributed by atoms with E-state index in [1.54, 1.807) is 19.1 Å². The molecule has 6 heteroatoms. The van der Waals surface area contributed by atoms with Gasteiger partial charge in [0.2, 0.25) is 0 Å². The maximum absolute atomic E-state index is 11.9. The molecule has 1 aliphatic heterocycles. The summed E-state index contributed by atoms with van der Waals surface area (Å²) in [5.74, 6) is -2.55. The fraction of sp³-hybridized carbons (Fsp3) is 0.308. The van der Waals surface area contributed by atoms with E-state index in [0.717, 1.165) is 11.1 Å². The lowest BCUT2D eigenvalue weighted by atomic mass is 10.0. The highest BCUT2D eigenvalue weighted by Gasteiger charge is 2.38. The molecule has 1 aromatic rings. The first-order valence-electron chi connectivity index (χ1n) is 5.79. The van der Waals surface area contributed by atoms with E-state index in [2.05, 4.69) is 0 Å². The third kappa shape index (κ3) is 2.00. The van der Waals surface area contributed by atoms with Crippen LogP contribution < -0.4 is 10.6 Å². The summed E-state index contributed by atoms with van der Waals surface area (Å²) in [6.45, 7) is 3.44. The molecule has 1 atom stereocenters. The Bertz CT molecular complexity index is 595. The van der Waals surface area contributed by atoms with Crippen LogP contribution in [0.3, 0.4) is 0 Å². The summed E-state index contributed by atoms with van der Waals surface area (Å²) in [7, 11) is 0. The van der Waals surface area contributed by atoms with Crippen molar-refractivity contribution < 1.29 is 19.5 Å². The van der Waals surface area contributed by atoms with Crippen LogP contribution in [0.2, 0.25) is 0 Å². The van der Waals surface area contributed by atoms with Crippen molar-refractivity contribution in [2.45, 2.75) is 19.9 Å². The van der Waals surface area contributed by atoms with Gasteiger partial charge in [-0.1, -0.05) is 6.07 Å². The molecule has 0 bridgehead atoms. The molecule has 19 heavy (non-hydrogen) atoms. The maximum Gasteiger partial charge on any atom is 0.322 e. The molecule has 0 fully saturated rings. The highest BCUT2D eigenvalue weighted by Crippen LogP contribution is 2.33. The fourth-order valence-electron chi connectivity index (χ4n) is 2.12. The average molecular weight is 262 g/mol. The van der Waals surface area contributed by atoms with Crippen LogP contribution in [-0.4, -0.2) is 35.4 Å². The molecule has 1 heterocycles. The van der Waals surface area contributed by atoms with Crippen molar-refractivity contribution in [3.05, 3.63) is 28.8 Å². The Hall–Kier alpha value is -2.21. The number of fused-ring (bicyclic) bond motifs is 1. The van der Waals surface area contributed by atoms with Crippen LogP contribution in [0.5, 0.6) is 0 Å². The van der Waals surface area contributed by atoms with Crippen molar-refractivity contribution in [1.82, 2.24) is 0 Å². The van der Waals surface area contributed by atoms with Gasteiger partial charge in [-0.25, -0.2) is 0 Å². The number of nitrogens with two attached hydrogens (primary N) is 1. The minimum atomic E-state index is -1.22. The van der Waals surface area contributed by atoms with Gasteiger partial charge >= 0.3 is 5.97 Å². The number of nitrogens with zero attached hydrogens (tertiary/aromatic N) is 1. The number of carboxylic acid groups (broad SMARTS) is 1. The molecule has 3 N–H and O–H groups in total. The third-order valence-electron chi connectivity index (χ3n) is 3.35. The smallest absolute Gasteiger partial charge is 0.322 e. The molecule has 6 nitrogen and oxygen atoms in total. The zero-order valence-corrected chi connectivity index (χ0v) is 10.6. The number of ketones is 1. The second kappa shape index (κ2) is 4.47. The molecule has 1 unspecified atom stereocenters. The number of amides is 1.